The van der Waals surface area contributed by atoms with Crippen molar-refractivity contribution in [3.8, 4) is 5.75 Å². The number of rotatable bonds is 6. The minimum Gasteiger partial charge on any atom is -0.480 e. The van der Waals surface area contributed by atoms with Crippen molar-refractivity contribution >= 4 is 28.3 Å². The first-order valence-corrected chi connectivity index (χ1v) is 8.53. The number of aliphatic carboxylic acids is 1. The molecule has 27 heavy (non-hydrogen) atoms. The quantitative estimate of drug-likeness (QED) is 0.697. The number of carbonyl (C=O) groups is 2. The van der Waals surface area contributed by atoms with E-state index in [2.05, 4.69) is 10.4 Å². The number of nitrogens with one attached hydrogen (secondary N) is 1. The van der Waals surface area contributed by atoms with Gasteiger partial charge < -0.3 is 15.2 Å². The number of hydrogen-bond acceptors (Lipinski definition) is 4. The lowest BCUT2D eigenvalue weighted by atomic mass is 10.1. The van der Waals surface area contributed by atoms with Crippen LogP contribution in [0.4, 0.5) is 5.69 Å². The van der Waals surface area contributed by atoms with Crippen LogP contribution in [0.3, 0.4) is 0 Å². The standard InChI is InChI=1S/C20H21N3O4/c1-13(27-17-10-6-8-14-7-4-5-9-16(14)17)18(24)22-15-11-21-23(12-15)20(2,3)19(25)26/h4-13H,1-3H3,(H,22,24)(H,25,26). The highest BCUT2D eigenvalue weighted by Gasteiger charge is 2.30. The van der Waals surface area contributed by atoms with Gasteiger partial charge in [0.25, 0.3) is 5.91 Å². The number of hydrogen-bond donors (Lipinski definition) is 2. The highest BCUT2D eigenvalue weighted by molar-refractivity contribution is 5.94. The number of benzene rings is 2. The van der Waals surface area contributed by atoms with Gasteiger partial charge in [0.15, 0.2) is 11.6 Å². The van der Waals surface area contributed by atoms with Crippen molar-refractivity contribution in [3.05, 3.63) is 54.9 Å². The SMILES string of the molecule is CC(Oc1cccc2ccccc12)C(=O)Nc1cnn(C(C)(C)C(=O)O)c1. The zero-order valence-electron chi connectivity index (χ0n) is 15.3. The molecule has 3 aromatic rings. The molecule has 0 radical (unpaired) electrons. The van der Waals surface area contributed by atoms with Gasteiger partial charge in [-0.15, -0.1) is 0 Å². The van der Waals surface area contributed by atoms with Gasteiger partial charge in [-0.2, -0.15) is 5.10 Å². The molecule has 2 aromatic carbocycles. The van der Waals surface area contributed by atoms with E-state index >= 15 is 0 Å². The van der Waals surface area contributed by atoms with E-state index in [1.165, 1.54) is 30.9 Å². The number of fused-ring (bicyclic) bond motifs is 1. The second-order valence-electron chi connectivity index (χ2n) is 6.76. The number of ether oxygens (including phenoxy) is 1. The molecule has 1 unspecified atom stereocenters. The van der Waals surface area contributed by atoms with Gasteiger partial charge in [-0.05, 0) is 32.2 Å². The molecule has 1 atom stereocenters. The van der Waals surface area contributed by atoms with Crippen LogP contribution in [-0.4, -0.2) is 32.9 Å². The normalized spacial score (nSPS) is 12.6. The van der Waals surface area contributed by atoms with E-state index < -0.39 is 17.6 Å². The molecule has 0 aliphatic heterocycles. The number of carboxylic acid groups (broad SMARTS) is 1. The van der Waals surface area contributed by atoms with Crippen LogP contribution < -0.4 is 10.1 Å². The van der Waals surface area contributed by atoms with Gasteiger partial charge in [-0.3, -0.25) is 9.48 Å². The van der Waals surface area contributed by atoms with Crippen LogP contribution in [0.25, 0.3) is 10.8 Å². The molecule has 140 valence electrons. The summed E-state index contributed by atoms with van der Waals surface area (Å²) in [6, 6.07) is 13.4. The summed E-state index contributed by atoms with van der Waals surface area (Å²) in [6.07, 6.45) is 2.15. The van der Waals surface area contributed by atoms with Crippen molar-refractivity contribution in [2.24, 2.45) is 0 Å². The van der Waals surface area contributed by atoms with E-state index in [9.17, 15) is 14.7 Å². The van der Waals surface area contributed by atoms with Crippen LogP contribution in [0.5, 0.6) is 5.75 Å². The Morgan fingerprint density at radius 3 is 2.63 bits per heavy atom. The molecule has 0 spiro atoms. The van der Waals surface area contributed by atoms with E-state index in [1.807, 2.05) is 42.5 Å². The molecule has 0 saturated heterocycles. The van der Waals surface area contributed by atoms with Crippen LogP contribution in [0, 0.1) is 0 Å². The van der Waals surface area contributed by atoms with Crippen LogP contribution in [-0.2, 0) is 15.1 Å². The van der Waals surface area contributed by atoms with Crippen molar-refractivity contribution in [3.63, 3.8) is 0 Å². The van der Waals surface area contributed by atoms with Crippen molar-refractivity contribution in [2.45, 2.75) is 32.4 Å². The van der Waals surface area contributed by atoms with Gasteiger partial charge in [-0.25, -0.2) is 4.79 Å². The molecule has 0 saturated carbocycles. The predicted molar refractivity (Wildman–Crippen MR) is 102 cm³/mol. The molecule has 3 rings (SSSR count). The molecular formula is C20H21N3O4. The van der Waals surface area contributed by atoms with Gasteiger partial charge in [0.05, 0.1) is 11.9 Å². The van der Waals surface area contributed by atoms with Gasteiger partial charge in [0.1, 0.15) is 5.75 Å². The molecule has 2 N–H and O–H groups in total. The lowest BCUT2D eigenvalue weighted by Crippen LogP contribution is -2.36. The Hall–Kier alpha value is -3.35. The zero-order valence-corrected chi connectivity index (χ0v) is 15.3. The predicted octanol–water partition coefficient (Wildman–Crippen LogP) is 3.26. The fourth-order valence-electron chi connectivity index (χ4n) is 2.58. The second kappa shape index (κ2) is 7.11. The maximum atomic E-state index is 12.5. The van der Waals surface area contributed by atoms with Crippen molar-refractivity contribution in [2.75, 3.05) is 5.32 Å². The molecule has 0 aliphatic carbocycles. The smallest absolute Gasteiger partial charge is 0.331 e. The molecule has 0 aliphatic rings. The van der Waals surface area contributed by atoms with Gasteiger partial charge in [0, 0.05) is 11.6 Å². The summed E-state index contributed by atoms with van der Waals surface area (Å²) in [5, 5.41) is 17.9. The van der Waals surface area contributed by atoms with Crippen LogP contribution >= 0.6 is 0 Å². The maximum absolute atomic E-state index is 12.5. The van der Waals surface area contributed by atoms with Crippen molar-refractivity contribution < 1.29 is 19.4 Å². The third kappa shape index (κ3) is 3.76. The van der Waals surface area contributed by atoms with Gasteiger partial charge in [0.2, 0.25) is 0 Å². The Kier molecular flexibility index (Phi) is 4.85. The summed E-state index contributed by atoms with van der Waals surface area (Å²) in [5.74, 6) is -0.745. The Balaban J connectivity index is 1.71. The Morgan fingerprint density at radius 1 is 1.19 bits per heavy atom. The summed E-state index contributed by atoms with van der Waals surface area (Å²) in [4.78, 5) is 23.8. The molecule has 1 heterocycles. The summed E-state index contributed by atoms with van der Waals surface area (Å²) in [7, 11) is 0. The zero-order chi connectivity index (χ0) is 19.6. The van der Waals surface area contributed by atoms with Gasteiger partial charge >= 0.3 is 5.97 Å². The first-order chi connectivity index (χ1) is 12.8. The van der Waals surface area contributed by atoms with Crippen molar-refractivity contribution in [1.82, 2.24) is 9.78 Å². The lowest BCUT2D eigenvalue weighted by Gasteiger charge is -2.19. The first kappa shape index (κ1) is 18.4. The first-order valence-electron chi connectivity index (χ1n) is 8.53. The third-order valence-electron chi connectivity index (χ3n) is 4.37. The molecule has 1 aromatic heterocycles. The Morgan fingerprint density at radius 2 is 1.89 bits per heavy atom. The molecule has 0 fully saturated rings. The van der Waals surface area contributed by atoms with Crippen LogP contribution in [0.15, 0.2) is 54.9 Å². The van der Waals surface area contributed by atoms with E-state index in [-0.39, 0.29) is 5.91 Å². The fraction of sp³-hybridized carbons (Fsp3) is 0.250. The molecule has 1 amide bonds. The summed E-state index contributed by atoms with van der Waals surface area (Å²) in [5.41, 5.74) is -0.809. The van der Waals surface area contributed by atoms with E-state index in [1.54, 1.807) is 6.92 Å². The minimum atomic E-state index is -1.21. The number of aromatic nitrogens is 2. The highest BCUT2D eigenvalue weighted by atomic mass is 16.5. The summed E-state index contributed by atoms with van der Waals surface area (Å²) in [6.45, 7) is 4.71. The highest BCUT2D eigenvalue weighted by Crippen LogP contribution is 2.26. The lowest BCUT2D eigenvalue weighted by molar-refractivity contribution is -0.146. The Labute approximate surface area is 156 Å². The summed E-state index contributed by atoms with van der Waals surface area (Å²) < 4.78 is 7.13. The van der Waals surface area contributed by atoms with Crippen LogP contribution in [0.1, 0.15) is 20.8 Å². The maximum Gasteiger partial charge on any atom is 0.331 e. The fourth-order valence-corrected chi connectivity index (χ4v) is 2.58. The third-order valence-corrected chi connectivity index (χ3v) is 4.37. The van der Waals surface area contributed by atoms with Crippen molar-refractivity contribution in [1.29, 1.82) is 0 Å². The number of nitrogens with zero attached hydrogens (tertiary/aromatic N) is 2. The second-order valence-corrected chi connectivity index (χ2v) is 6.76. The van der Waals surface area contributed by atoms with E-state index in [0.717, 1.165) is 10.8 Å². The summed E-state index contributed by atoms with van der Waals surface area (Å²) >= 11 is 0. The minimum absolute atomic E-state index is 0.351. The van der Waals surface area contributed by atoms with Gasteiger partial charge in [-0.1, -0.05) is 36.4 Å². The largest absolute Gasteiger partial charge is 0.480 e. The van der Waals surface area contributed by atoms with E-state index in [4.69, 9.17) is 4.74 Å². The number of carboxylic acids is 1. The topological polar surface area (TPSA) is 93.5 Å². The molecular weight excluding hydrogens is 346 g/mol. The average Bonchev–Trinajstić information content (AvgIpc) is 3.11. The number of carbonyl (C=O) groups excluding carboxylic acids is 1. The molecule has 0 bridgehead atoms. The van der Waals surface area contributed by atoms with Crippen LogP contribution in [0.2, 0.25) is 0 Å². The number of anilines is 1. The average molecular weight is 367 g/mol. The Bertz CT molecular complexity index is 988. The van der Waals surface area contributed by atoms with E-state index in [0.29, 0.717) is 11.4 Å². The molecule has 7 nitrogen and oxygen atoms in total. The monoisotopic (exact) mass is 367 g/mol. The number of amides is 1. The molecule has 7 heteroatoms.